The van der Waals surface area contributed by atoms with E-state index in [1.54, 1.807) is 36.2 Å². The SMILES string of the molecule is CC(C)N(C)C(=O)CS(=O)c1ccc(N)cc1. The molecule has 1 aromatic rings. The number of carbonyl (C=O) groups is 1. The predicted molar refractivity (Wildman–Crippen MR) is 70.0 cm³/mol. The molecule has 0 aliphatic rings. The maximum Gasteiger partial charge on any atom is 0.235 e. The molecule has 2 N–H and O–H groups in total. The van der Waals surface area contributed by atoms with Crippen LogP contribution in [0.2, 0.25) is 0 Å². The summed E-state index contributed by atoms with van der Waals surface area (Å²) < 4.78 is 11.9. The molecule has 94 valence electrons. The first kappa shape index (κ1) is 13.7. The lowest BCUT2D eigenvalue weighted by Crippen LogP contribution is -2.36. The van der Waals surface area contributed by atoms with Crippen molar-refractivity contribution in [3.63, 3.8) is 0 Å². The zero-order chi connectivity index (χ0) is 13.0. The Bertz CT molecular complexity index is 415. The van der Waals surface area contributed by atoms with E-state index in [0.717, 1.165) is 0 Å². The van der Waals surface area contributed by atoms with Crippen LogP contribution in [-0.2, 0) is 15.6 Å². The van der Waals surface area contributed by atoms with Gasteiger partial charge in [0.05, 0.1) is 10.8 Å². The fraction of sp³-hybridized carbons (Fsp3) is 0.417. The third kappa shape index (κ3) is 3.85. The van der Waals surface area contributed by atoms with Crippen LogP contribution in [0.5, 0.6) is 0 Å². The van der Waals surface area contributed by atoms with Gasteiger partial charge < -0.3 is 10.6 Å². The zero-order valence-corrected chi connectivity index (χ0v) is 11.2. The second kappa shape index (κ2) is 5.82. The Morgan fingerprint density at radius 1 is 1.35 bits per heavy atom. The lowest BCUT2D eigenvalue weighted by molar-refractivity contribution is -0.128. The summed E-state index contributed by atoms with van der Waals surface area (Å²) >= 11 is 0. The lowest BCUT2D eigenvalue weighted by atomic mass is 10.3. The van der Waals surface area contributed by atoms with E-state index >= 15 is 0 Å². The highest BCUT2D eigenvalue weighted by Gasteiger charge is 2.16. The highest BCUT2D eigenvalue weighted by Crippen LogP contribution is 2.10. The van der Waals surface area contributed by atoms with Gasteiger partial charge in [0, 0.05) is 23.7 Å². The summed E-state index contributed by atoms with van der Waals surface area (Å²) in [4.78, 5) is 14.0. The van der Waals surface area contributed by atoms with Crippen LogP contribution >= 0.6 is 0 Å². The number of anilines is 1. The van der Waals surface area contributed by atoms with Crippen molar-refractivity contribution in [2.75, 3.05) is 18.5 Å². The molecular formula is C12H18N2O2S. The quantitative estimate of drug-likeness (QED) is 0.822. The number of amides is 1. The molecule has 1 unspecified atom stereocenters. The van der Waals surface area contributed by atoms with Crippen molar-refractivity contribution < 1.29 is 9.00 Å². The summed E-state index contributed by atoms with van der Waals surface area (Å²) in [6.07, 6.45) is 0. The Labute approximate surface area is 104 Å². The highest BCUT2D eigenvalue weighted by atomic mass is 32.2. The van der Waals surface area contributed by atoms with Gasteiger partial charge >= 0.3 is 0 Å². The number of nitrogens with two attached hydrogens (primary N) is 1. The van der Waals surface area contributed by atoms with Crippen molar-refractivity contribution in [3.8, 4) is 0 Å². The van der Waals surface area contributed by atoms with Crippen molar-refractivity contribution in [1.29, 1.82) is 0 Å². The minimum absolute atomic E-state index is 0.0125. The second-order valence-electron chi connectivity index (χ2n) is 4.16. The monoisotopic (exact) mass is 254 g/mol. The first-order valence-electron chi connectivity index (χ1n) is 5.41. The first-order valence-corrected chi connectivity index (χ1v) is 6.73. The molecule has 0 saturated carbocycles. The number of hydrogen-bond donors (Lipinski definition) is 1. The van der Waals surface area contributed by atoms with Gasteiger partial charge in [0.15, 0.2) is 0 Å². The summed E-state index contributed by atoms with van der Waals surface area (Å²) in [5.74, 6) is -0.103. The third-order valence-corrected chi connectivity index (χ3v) is 3.87. The Morgan fingerprint density at radius 3 is 2.35 bits per heavy atom. The average Bonchev–Trinajstić information content (AvgIpc) is 2.28. The average molecular weight is 254 g/mol. The zero-order valence-electron chi connectivity index (χ0n) is 10.3. The molecule has 0 saturated heterocycles. The van der Waals surface area contributed by atoms with Gasteiger partial charge in [0.1, 0.15) is 5.75 Å². The summed E-state index contributed by atoms with van der Waals surface area (Å²) in [6.45, 7) is 3.84. The smallest absolute Gasteiger partial charge is 0.235 e. The molecule has 0 heterocycles. The van der Waals surface area contributed by atoms with Crippen LogP contribution in [0.3, 0.4) is 0 Å². The summed E-state index contributed by atoms with van der Waals surface area (Å²) in [7, 11) is 0.410. The Balaban J connectivity index is 2.67. The van der Waals surface area contributed by atoms with Crippen LogP contribution in [-0.4, -0.2) is 33.9 Å². The number of nitrogens with zero attached hydrogens (tertiary/aromatic N) is 1. The number of rotatable bonds is 4. The van der Waals surface area contributed by atoms with Gasteiger partial charge in [-0.15, -0.1) is 0 Å². The molecule has 0 spiro atoms. The van der Waals surface area contributed by atoms with Crippen LogP contribution in [0.15, 0.2) is 29.2 Å². The number of benzene rings is 1. The van der Waals surface area contributed by atoms with E-state index in [1.807, 2.05) is 13.8 Å². The summed E-state index contributed by atoms with van der Waals surface area (Å²) in [6, 6.07) is 6.86. The van der Waals surface area contributed by atoms with E-state index in [9.17, 15) is 9.00 Å². The first-order chi connectivity index (χ1) is 7.91. The molecule has 0 radical (unpaired) electrons. The van der Waals surface area contributed by atoms with Crippen molar-refractivity contribution in [1.82, 2.24) is 4.90 Å². The molecule has 0 fully saturated rings. The van der Waals surface area contributed by atoms with Gasteiger partial charge in [-0.1, -0.05) is 0 Å². The lowest BCUT2D eigenvalue weighted by Gasteiger charge is -2.21. The van der Waals surface area contributed by atoms with Crippen LogP contribution in [0.1, 0.15) is 13.8 Å². The van der Waals surface area contributed by atoms with Crippen molar-refractivity contribution in [2.45, 2.75) is 24.8 Å². The predicted octanol–water partition coefficient (Wildman–Crippen LogP) is 1.24. The topological polar surface area (TPSA) is 63.4 Å². The maximum atomic E-state index is 11.9. The van der Waals surface area contributed by atoms with E-state index in [-0.39, 0.29) is 17.7 Å². The Hall–Kier alpha value is -1.36. The van der Waals surface area contributed by atoms with E-state index in [2.05, 4.69) is 0 Å². The van der Waals surface area contributed by atoms with Crippen LogP contribution in [0.25, 0.3) is 0 Å². The number of carbonyl (C=O) groups excluding carboxylic acids is 1. The van der Waals surface area contributed by atoms with Gasteiger partial charge in [-0.25, -0.2) is 0 Å². The molecule has 0 aliphatic carbocycles. The minimum Gasteiger partial charge on any atom is -0.399 e. The molecule has 0 aromatic heterocycles. The number of nitrogen functional groups attached to an aromatic ring is 1. The molecule has 4 nitrogen and oxygen atoms in total. The van der Waals surface area contributed by atoms with Crippen molar-refractivity contribution >= 4 is 22.4 Å². The van der Waals surface area contributed by atoms with Crippen molar-refractivity contribution in [3.05, 3.63) is 24.3 Å². The van der Waals surface area contributed by atoms with Gasteiger partial charge in [0.2, 0.25) is 5.91 Å². The van der Waals surface area contributed by atoms with E-state index in [4.69, 9.17) is 5.73 Å². The van der Waals surface area contributed by atoms with E-state index < -0.39 is 10.8 Å². The van der Waals surface area contributed by atoms with Gasteiger partial charge in [-0.05, 0) is 38.1 Å². The summed E-state index contributed by atoms with van der Waals surface area (Å²) in [5, 5.41) is 0. The standard InChI is InChI=1S/C12H18N2O2S/c1-9(2)14(3)12(15)8-17(16)11-6-4-10(13)5-7-11/h4-7,9H,8,13H2,1-3H3. The van der Waals surface area contributed by atoms with Crippen LogP contribution in [0, 0.1) is 0 Å². The highest BCUT2D eigenvalue weighted by molar-refractivity contribution is 7.85. The maximum absolute atomic E-state index is 11.9. The molecule has 1 aromatic carbocycles. The molecule has 0 bridgehead atoms. The third-order valence-electron chi connectivity index (χ3n) is 2.57. The van der Waals surface area contributed by atoms with E-state index in [1.165, 1.54) is 0 Å². The van der Waals surface area contributed by atoms with E-state index in [0.29, 0.717) is 10.6 Å². The molecule has 17 heavy (non-hydrogen) atoms. The van der Waals surface area contributed by atoms with Gasteiger partial charge in [-0.3, -0.25) is 9.00 Å². The number of hydrogen-bond acceptors (Lipinski definition) is 3. The molecule has 0 aliphatic heterocycles. The van der Waals surface area contributed by atoms with Crippen LogP contribution < -0.4 is 5.73 Å². The largest absolute Gasteiger partial charge is 0.399 e. The molecule has 1 amide bonds. The molecule has 1 atom stereocenters. The minimum atomic E-state index is -1.31. The van der Waals surface area contributed by atoms with Gasteiger partial charge in [-0.2, -0.15) is 0 Å². The fourth-order valence-electron chi connectivity index (χ4n) is 1.20. The van der Waals surface area contributed by atoms with Crippen molar-refractivity contribution in [2.24, 2.45) is 0 Å². The van der Waals surface area contributed by atoms with Crippen LogP contribution in [0.4, 0.5) is 5.69 Å². The van der Waals surface area contributed by atoms with Gasteiger partial charge in [0.25, 0.3) is 0 Å². The fourth-order valence-corrected chi connectivity index (χ4v) is 2.24. The Morgan fingerprint density at radius 2 is 1.88 bits per heavy atom. The normalized spacial score (nSPS) is 12.5. The molecule has 1 rings (SSSR count). The Kier molecular flexibility index (Phi) is 4.69. The summed E-state index contributed by atoms with van der Waals surface area (Å²) in [5.41, 5.74) is 6.16. The molecule has 5 heteroatoms. The second-order valence-corrected chi connectivity index (χ2v) is 5.61. The molecular weight excluding hydrogens is 236 g/mol.